The number of hydrogen-bond donors (Lipinski definition) is 0. The lowest BCUT2D eigenvalue weighted by Crippen LogP contribution is -1.92. The first-order chi connectivity index (χ1) is 24.2. The molecule has 0 amide bonds. The molecule has 8 rings (SSSR count). The zero-order valence-corrected chi connectivity index (χ0v) is 22.5. The fraction of sp³-hybridized carbons (Fsp3) is 0. The quantitative estimate of drug-likeness (QED) is 0.195. The van der Waals surface area contributed by atoms with Gasteiger partial charge in [-0.15, -0.1) is 0 Å². The summed E-state index contributed by atoms with van der Waals surface area (Å²) in [6.07, 6.45) is 0. The van der Waals surface area contributed by atoms with Gasteiger partial charge in [0.25, 0.3) is 0 Å². The number of benzene rings is 8. The Labute approximate surface area is 257 Å². The molecule has 0 bridgehead atoms. The largest absolute Gasteiger partial charge is 0.0629 e. The average Bonchev–Trinajstić information content (AvgIpc) is 3.16. The molecule has 0 atom stereocenters. The van der Waals surface area contributed by atoms with Gasteiger partial charge in [-0.1, -0.05) is 164 Å². The third-order valence-electron chi connectivity index (χ3n) is 7.91. The normalized spacial score (nSPS) is 14.0. The Hall–Kier alpha value is -5.46. The second kappa shape index (κ2) is 10.2. The highest BCUT2D eigenvalue weighted by molar-refractivity contribution is 6.22. The number of hydrogen-bond acceptors (Lipinski definition) is 0. The van der Waals surface area contributed by atoms with E-state index in [2.05, 4.69) is 24.3 Å². The van der Waals surface area contributed by atoms with Gasteiger partial charge in [0, 0.05) is 0 Å². The maximum absolute atomic E-state index is 9.28. The van der Waals surface area contributed by atoms with Crippen LogP contribution in [0, 0.1) is 0 Å². The highest BCUT2D eigenvalue weighted by Gasteiger charge is 2.18. The van der Waals surface area contributed by atoms with E-state index in [0.717, 1.165) is 33.0 Å². The molecule has 0 spiro atoms. The van der Waals surface area contributed by atoms with Gasteiger partial charge in [0.15, 0.2) is 0 Å². The van der Waals surface area contributed by atoms with Crippen LogP contribution in [0.1, 0.15) is 11.0 Å². The first kappa shape index (κ1) is 17.4. The second-order valence-electron chi connectivity index (χ2n) is 10.3. The van der Waals surface area contributed by atoms with Crippen LogP contribution in [0.25, 0.3) is 76.8 Å². The zero-order chi connectivity index (χ0) is 34.8. The Morgan fingerprint density at radius 2 is 0.833 bits per heavy atom. The molecule has 0 fully saturated rings. The van der Waals surface area contributed by atoms with Gasteiger partial charge in [0.2, 0.25) is 0 Å². The first-order valence-corrected chi connectivity index (χ1v) is 13.9. The van der Waals surface area contributed by atoms with E-state index < -0.39 is 24.2 Å². The molecule has 8 aromatic rings. The minimum atomic E-state index is -0.418. The van der Waals surface area contributed by atoms with E-state index in [4.69, 9.17) is 5.48 Å². The van der Waals surface area contributed by atoms with E-state index in [1.54, 1.807) is 0 Å². The van der Waals surface area contributed by atoms with Crippen molar-refractivity contribution in [2.45, 2.75) is 0 Å². The topological polar surface area (TPSA) is 0 Å². The van der Waals surface area contributed by atoms with Crippen LogP contribution in [0.3, 0.4) is 0 Å². The van der Waals surface area contributed by atoms with Crippen LogP contribution in [-0.2, 0) is 0 Å². The maximum atomic E-state index is 9.28. The lowest BCUT2D eigenvalue weighted by molar-refractivity contribution is 1.60. The molecule has 0 unspecified atom stereocenters. The summed E-state index contributed by atoms with van der Waals surface area (Å²) >= 11 is 0. The van der Waals surface area contributed by atoms with Gasteiger partial charge in [-0.25, -0.2) is 0 Å². The summed E-state index contributed by atoms with van der Waals surface area (Å²) in [5.41, 5.74) is 5.41. The Balaban J connectivity index is 1.52. The minimum Gasteiger partial charge on any atom is -0.0622 e. The average molecular weight is 541 g/mol. The molecule has 42 heavy (non-hydrogen) atoms. The summed E-state index contributed by atoms with van der Waals surface area (Å²) in [5, 5.41) is 3.03. The number of rotatable bonds is 4. The van der Waals surface area contributed by atoms with Crippen molar-refractivity contribution in [3.05, 3.63) is 170 Å². The van der Waals surface area contributed by atoms with E-state index >= 15 is 0 Å². The van der Waals surface area contributed by atoms with E-state index in [1.807, 2.05) is 97.1 Å². The summed E-state index contributed by atoms with van der Waals surface area (Å²) in [6.45, 7) is 0. The maximum Gasteiger partial charge on any atom is 0.0629 e. The molecule has 0 saturated carbocycles. The monoisotopic (exact) mass is 540 g/mol. The Bertz CT molecular complexity index is 2580. The minimum absolute atomic E-state index is 0.199. The predicted molar refractivity (Wildman–Crippen MR) is 181 cm³/mol. The third-order valence-corrected chi connectivity index (χ3v) is 7.91. The molecule has 8 aromatic carbocycles. The molecule has 0 aliphatic carbocycles. The molecule has 0 radical (unpaired) electrons. The highest BCUT2D eigenvalue weighted by atomic mass is 14.2. The SMILES string of the molecule is [2H]c1c([2H])c([2H])c2c(-c3ccccc3-c3ccccc3)c3c([2H])c([2H])c([2H])c([2H])c3c(-c3ccc(-c4ccc5ccccc5c4)cc3)c2c1[2H]. The Kier molecular flexibility index (Phi) is 4.21. The highest BCUT2D eigenvalue weighted by Crippen LogP contribution is 2.46. The molecule has 0 N–H and O–H groups in total. The van der Waals surface area contributed by atoms with Crippen LogP contribution in [0.4, 0.5) is 0 Å². The van der Waals surface area contributed by atoms with E-state index in [1.165, 1.54) is 0 Å². The van der Waals surface area contributed by atoms with Crippen molar-refractivity contribution >= 4 is 32.3 Å². The summed E-state index contributed by atoms with van der Waals surface area (Å²) < 4.78 is 72.0. The van der Waals surface area contributed by atoms with Crippen LogP contribution in [0.15, 0.2) is 170 Å². The third kappa shape index (κ3) is 4.08. The molecule has 0 heterocycles. The van der Waals surface area contributed by atoms with Crippen LogP contribution in [-0.4, -0.2) is 0 Å². The molecular weight excluding hydrogens is 504 g/mol. The second-order valence-corrected chi connectivity index (χ2v) is 10.3. The predicted octanol–water partition coefficient (Wildman–Crippen LogP) is 11.8. The van der Waals surface area contributed by atoms with Gasteiger partial charge in [-0.05, 0) is 82.9 Å². The molecular formula is C42H28. The van der Waals surface area contributed by atoms with Crippen LogP contribution in [0.5, 0.6) is 0 Å². The van der Waals surface area contributed by atoms with Crippen molar-refractivity contribution in [3.8, 4) is 44.5 Å². The summed E-state index contributed by atoms with van der Waals surface area (Å²) in [7, 11) is 0. The van der Waals surface area contributed by atoms with E-state index in [9.17, 15) is 5.48 Å². The molecule has 0 aliphatic rings. The van der Waals surface area contributed by atoms with Crippen LogP contribution < -0.4 is 0 Å². The van der Waals surface area contributed by atoms with Crippen molar-refractivity contribution in [3.63, 3.8) is 0 Å². The molecule has 0 saturated heterocycles. The fourth-order valence-electron chi connectivity index (χ4n) is 5.95. The van der Waals surface area contributed by atoms with Crippen molar-refractivity contribution in [1.82, 2.24) is 0 Å². The summed E-state index contributed by atoms with van der Waals surface area (Å²) in [5.74, 6) is 0. The van der Waals surface area contributed by atoms with Crippen LogP contribution in [0.2, 0.25) is 0 Å². The van der Waals surface area contributed by atoms with E-state index in [-0.39, 0.29) is 45.7 Å². The molecule has 196 valence electrons. The van der Waals surface area contributed by atoms with Gasteiger partial charge in [-0.2, -0.15) is 0 Å². The van der Waals surface area contributed by atoms with Gasteiger partial charge >= 0.3 is 0 Å². The van der Waals surface area contributed by atoms with Gasteiger partial charge < -0.3 is 0 Å². The molecule has 0 nitrogen and oxygen atoms in total. The first-order valence-electron chi connectivity index (χ1n) is 17.9. The standard InChI is InChI=1S/C42H28/c1-2-13-31(14-3-1)35-16-6-7-17-36(35)42-39-20-10-8-18-37(39)41(38-19-9-11-21-40(38)42)32-25-22-30(23-26-32)34-27-24-29-12-4-5-15-33(29)28-34/h1-28H/i8D,9D,10D,11D,18D,19D,20D,21D. The van der Waals surface area contributed by atoms with Gasteiger partial charge in [0.05, 0.1) is 11.0 Å². The summed E-state index contributed by atoms with van der Waals surface area (Å²) in [4.78, 5) is 0. The smallest absolute Gasteiger partial charge is 0.0622 e. The van der Waals surface area contributed by atoms with Crippen LogP contribution >= 0.6 is 0 Å². The van der Waals surface area contributed by atoms with Crippen molar-refractivity contribution < 1.29 is 11.0 Å². The van der Waals surface area contributed by atoms with Gasteiger partial charge in [0.1, 0.15) is 0 Å². The van der Waals surface area contributed by atoms with Crippen molar-refractivity contribution in [2.75, 3.05) is 0 Å². The lowest BCUT2D eigenvalue weighted by atomic mass is 9.83. The summed E-state index contributed by atoms with van der Waals surface area (Å²) in [6, 6.07) is 36.2. The lowest BCUT2D eigenvalue weighted by Gasteiger charge is -2.19. The Morgan fingerprint density at radius 3 is 1.50 bits per heavy atom. The molecule has 0 aromatic heterocycles. The van der Waals surface area contributed by atoms with Gasteiger partial charge in [-0.3, -0.25) is 0 Å². The Morgan fingerprint density at radius 1 is 0.333 bits per heavy atom. The molecule has 0 aliphatic heterocycles. The number of fused-ring (bicyclic) bond motifs is 3. The van der Waals surface area contributed by atoms with E-state index in [0.29, 0.717) is 22.3 Å². The van der Waals surface area contributed by atoms with Crippen molar-refractivity contribution in [1.29, 1.82) is 0 Å². The fourth-order valence-corrected chi connectivity index (χ4v) is 5.95. The van der Waals surface area contributed by atoms with Crippen molar-refractivity contribution in [2.24, 2.45) is 0 Å². The zero-order valence-electron chi connectivity index (χ0n) is 30.5. The molecule has 0 heteroatoms.